The molecular weight excluding hydrogens is 939 g/mol. The SMILES string of the molecule is CC(C)C[C@@H]1NC(=O)[C@H](CCCC(=O)O)NC(=O)C[S@@](=O)C[C@@H](C(N)=O)NC(=O)CCCCNC(=O)[C@H](CC(N)=O)NC(=O)C2(CCCCC2)NC(=O)[C@H](Cc2ccc(O)c(CCC(=O)O)c2)NC1=O. The third kappa shape index (κ3) is 19.7. The van der Waals surface area contributed by atoms with E-state index in [1.807, 2.05) is 0 Å². The summed E-state index contributed by atoms with van der Waals surface area (Å²) < 4.78 is 13.1. The second-order valence-corrected chi connectivity index (χ2v) is 19.6. The third-order valence-corrected chi connectivity index (χ3v) is 13.0. The van der Waals surface area contributed by atoms with Crippen LogP contribution in [0.1, 0.15) is 115 Å². The Morgan fingerprint density at radius 3 is 2.04 bits per heavy atom. The van der Waals surface area contributed by atoms with Gasteiger partial charge >= 0.3 is 11.9 Å². The lowest BCUT2D eigenvalue weighted by molar-refractivity contribution is -0.139. The molecule has 1 spiro atoms. The van der Waals surface area contributed by atoms with Gasteiger partial charge in [-0.2, -0.15) is 0 Å². The summed E-state index contributed by atoms with van der Waals surface area (Å²) in [6, 6.07) is -3.21. The molecule has 388 valence electrons. The largest absolute Gasteiger partial charge is 0.508 e. The van der Waals surface area contributed by atoms with Gasteiger partial charge < -0.3 is 64.0 Å². The standard InChI is InChI=1S/C45H67N9O15S/c1-25(2)19-29-42(66)52-30(21-26-12-14-33(55)27(20-26)13-15-38(61)62)43(67)54-45(16-5-3-6-17-45)44(68)53-31(22-34(46)56)40(64)48-18-7-4-10-35(57)50-32(39(47)63)23-70(69)24-36(58)49-28(41(65)51-29)9-8-11-37(59)60/h12,14,20,25,28-32,55H,3-11,13,15-19,21-24H2,1-2H3,(H2,46,56)(H2,47,63)(H,48,64)(H,49,58)(H,50,57)(H,51,65)(H,52,66)(H,53,68)(H,54,67)(H,59,60)(H,61,62)/t28-,29-,30-,31-,32-,70-/m0/s1. The third-order valence-electron chi connectivity index (χ3n) is 11.7. The Hall–Kier alpha value is -6.66. The van der Waals surface area contributed by atoms with Crippen LogP contribution in [0, 0.1) is 5.92 Å². The number of benzene rings is 1. The van der Waals surface area contributed by atoms with E-state index in [4.69, 9.17) is 11.5 Å². The van der Waals surface area contributed by atoms with Crippen LogP contribution in [0.3, 0.4) is 0 Å². The first-order chi connectivity index (χ1) is 33.0. The van der Waals surface area contributed by atoms with Crippen LogP contribution in [-0.4, -0.2) is 138 Å². The van der Waals surface area contributed by atoms with Gasteiger partial charge in [0.25, 0.3) is 0 Å². The summed E-state index contributed by atoms with van der Waals surface area (Å²) >= 11 is 0. The Morgan fingerprint density at radius 1 is 0.757 bits per heavy atom. The fraction of sp³-hybridized carbons (Fsp3) is 0.622. The lowest BCUT2D eigenvalue weighted by Crippen LogP contribution is -2.66. The molecule has 2 fully saturated rings. The van der Waals surface area contributed by atoms with E-state index in [0.29, 0.717) is 24.8 Å². The molecule has 1 saturated heterocycles. The van der Waals surface area contributed by atoms with Crippen molar-refractivity contribution in [2.75, 3.05) is 18.1 Å². The number of carboxylic acid groups (broad SMARTS) is 2. The molecule has 1 aliphatic carbocycles. The van der Waals surface area contributed by atoms with Gasteiger partial charge in [0.1, 0.15) is 47.3 Å². The number of amides is 9. The molecule has 6 atom stereocenters. The maximum absolute atomic E-state index is 14.7. The number of aromatic hydroxyl groups is 1. The minimum atomic E-state index is -2.15. The minimum Gasteiger partial charge on any atom is -0.508 e. The predicted octanol–water partition coefficient (Wildman–Crippen LogP) is -2.09. The average Bonchev–Trinajstić information content (AvgIpc) is 3.27. The zero-order valence-corrected chi connectivity index (χ0v) is 40.3. The molecule has 24 nitrogen and oxygen atoms in total. The Kier molecular flexibility index (Phi) is 23.2. The average molecular weight is 1010 g/mol. The van der Waals surface area contributed by atoms with Crippen LogP contribution < -0.4 is 48.7 Å². The Balaban J connectivity index is 2.13. The second kappa shape index (κ2) is 28.1. The van der Waals surface area contributed by atoms with Crippen LogP contribution in [0.2, 0.25) is 0 Å². The van der Waals surface area contributed by atoms with Gasteiger partial charge in [-0.15, -0.1) is 0 Å². The number of carbonyl (C=O) groups is 11. The van der Waals surface area contributed by atoms with E-state index < -0.39 is 136 Å². The summed E-state index contributed by atoms with van der Waals surface area (Å²) in [7, 11) is -2.15. The first-order valence-corrected chi connectivity index (χ1v) is 24.7. The molecular formula is C45H67N9O15S. The maximum Gasteiger partial charge on any atom is 0.303 e. The second-order valence-electron chi connectivity index (χ2n) is 18.1. The number of rotatable bonds is 14. The van der Waals surface area contributed by atoms with Crippen molar-refractivity contribution >= 4 is 75.9 Å². The number of nitrogens with two attached hydrogens (primary N) is 2. The Morgan fingerprint density at radius 2 is 1.41 bits per heavy atom. The lowest BCUT2D eigenvalue weighted by atomic mass is 9.80. The summed E-state index contributed by atoms with van der Waals surface area (Å²) in [5, 5.41) is 47.2. The van der Waals surface area contributed by atoms with Crippen LogP contribution in [0.15, 0.2) is 18.2 Å². The van der Waals surface area contributed by atoms with Gasteiger partial charge in [-0.3, -0.25) is 56.9 Å². The molecule has 1 aromatic rings. The van der Waals surface area contributed by atoms with Crippen molar-refractivity contribution in [3.05, 3.63) is 29.3 Å². The van der Waals surface area contributed by atoms with Crippen molar-refractivity contribution < 1.29 is 72.3 Å². The molecule has 1 aliphatic heterocycles. The number of aryl methyl sites for hydroxylation is 1. The van der Waals surface area contributed by atoms with Crippen LogP contribution >= 0.6 is 0 Å². The highest BCUT2D eigenvalue weighted by Gasteiger charge is 2.44. The smallest absolute Gasteiger partial charge is 0.303 e. The van der Waals surface area contributed by atoms with Crippen molar-refractivity contribution in [3.63, 3.8) is 0 Å². The van der Waals surface area contributed by atoms with E-state index in [1.165, 1.54) is 18.2 Å². The zero-order chi connectivity index (χ0) is 52.1. The predicted molar refractivity (Wildman–Crippen MR) is 250 cm³/mol. The van der Waals surface area contributed by atoms with E-state index in [2.05, 4.69) is 37.2 Å². The van der Waals surface area contributed by atoms with Crippen molar-refractivity contribution in [2.45, 2.75) is 152 Å². The van der Waals surface area contributed by atoms with Gasteiger partial charge in [-0.25, -0.2) is 0 Å². The van der Waals surface area contributed by atoms with Crippen LogP contribution in [-0.2, 0) is 76.4 Å². The van der Waals surface area contributed by atoms with Crippen LogP contribution in [0.4, 0.5) is 0 Å². The molecule has 0 radical (unpaired) electrons. The number of hydrogen-bond acceptors (Lipinski definition) is 13. The van der Waals surface area contributed by atoms with Gasteiger partial charge in [-0.1, -0.05) is 45.2 Å². The molecule has 1 aromatic carbocycles. The van der Waals surface area contributed by atoms with Crippen molar-refractivity contribution in [1.82, 2.24) is 37.2 Å². The van der Waals surface area contributed by atoms with Gasteiger partial charge in [-0.05, 0) is 74.5 Å². The van der Waals surface area contributed by atoms with Crippen LogP contribution in [0.25, 0.3) is 0 Å². The summed E-state index contributed by atoms with van der Waals surface area (Å²) in [6.45, 7) is 3.42. The molecule has 25 heteroatoms. The van der Waals surface area contributed by atoms with Gasteiger partial charge in [0.15, 0.2) is 0 Å². The van der Waals surface area contributed by atoms with E-state index in [9.17, 15) is 72.3 Å². The topological polar surface area (TPSA) is 402 Å². The lowest BCUT2D eigenvalue weighted by Gasteiger charge is -2.38. The minimum absolute atomic E-state index is 0.0410. The maximum atomic E-state index is 14.7. The number of primary amides is 2. The molecule has 1 heterocycles. The molecule has 0 unspecified atom stereocenters. The van der Waals surface area contributed by atoms with Crippen LogP contribution in [0.5, 0.6) is 5.75 Å². The highest BCUT2D eigenvalue weighted by Crippen LogP contribution is 2.30. The molecule has 14 N–H and O–H groups in total. The van der Waals surface area contributed by atoms with E-state index in [0.717, 1.165) is 0 Å². The Bertz CT molecular complexity index is 2130. The zero-order valence-electron chi connectivity index (χ0n) is 39.4. The van der Waals surface area contributed by atoms with E-state index in [-0.39, 0.29) is 94.4 Å². The normalized spacial score (nSPS) is 24.1. The number of nitrogens with one attached hydrogen (secondary N) is 7. The molecule has 1 saturated carbocycles. The quantitative estimate of drug-likeness (QED) is 0.0951. The van der Waals surface area contributed by atoms with Gasteiger partial charge in [0, 0.05) is 43.0 Å². The molecule has 2 aliphatic rings. The number of aliphatic carboxylic acids is 2. The van der Waals surface area contributed by atoms with Crippen molar-refractivity contribution in [1.29, 1.82) is 0 Å². The number of carboxylic acids is 2. The number of phenols is 1. The highest BCUT2D eigenvalue weighted by atomic mass is 32.2. The summed E-state index contributed by atoms with van der Waals surface area (Å²) in [5.74, 6) is -12.2. The number of phenolic OH excluding ortho intramolecular Hbond substituents is 1. The Labute approximate surface area is 407 Å². The first-order valence-electron chi connectivity index (χ1n) is 23.3. The molecule has 70 heavy (non-hydrogen) atoms. The fourth-order valence-electron chi connectivity index (χ4n) is 8.05. The molecule has 3 rings (SSSR count). The van der Waals surface area contributed by atoms with Crippen molar-refractivity contribution in [2.24, 2.45) is 17.4 Å². The van der Waals surface area contributed by atoms with E-state index >= 15 is 0 Å². The molecule has 9 amide bonds. The number of carbonyl (C=O) groups excluding carboxylic acids is 9. The van der Waals surface area contributed by atoms with E-state index in [1.54, 1.807) is 13.8 Å². The highest BCUT2D eigenvalue weighted by molar-refractivity contribution is 7.85. The van der Waals surface area contributed by atoms with Gasteiger partial charge in [0.05, 0.1) is 12.2 Å². The van der Waals surface area contributed by atoms with Crippen molar-refractivity contribution in [3.8, 4) is 5.75 Å². The summed E-state index contributed by atoms with van der Waals surface area (Å²) in [6.07, 6.45) is -0.325. The summed E-state index contributed by atoms with van der Waals surface area (Å²) in [5.41, 5.74) is 9.82. The summed E-state index contributed by atoms with van der Waals surface area (Å²) in [4.78, 5) is 144. The van der Waals surface area contributed by atoms with Gasteiger partial charge in [0.2, 0.25) is 53.2 Å². The monoisotopic (exact) mass is 1010 g/mol. The molecule has 0 bridgehead atoms. The fourth-order valence-corrected chi connectivity index (χ4v) is 9.17. The first kappa shape index (κ1) is 57.7. The number of hydrogen-bond donors (Lipinski definition) is 12. The molecule has 0 aromatic heterocycles.